The standard InChI is InChI=1S/C25H28N2O4S/c1-25(2,3)31-24(28)27-15-4-5-19(27)17-29-20-10-12-22(13-11-20)30-21-8-6-18(7-9-21)23-26-14-16-32-23/h6-14,16,19H,4-5,15,17H2,1-3H3/t19-/m1/s1. The van der Waals surface area contributed by atoms with E-state index < -0.39 is 5.60 Å². The monoisotopic (exact) mass is 452 g/mol. The van der Waals surface area contributed by atoms with Gasteiger partial charge in [0.25, 0.3) is 0 Å². The largest absolute Gasteiger partial charge is 0.491 e. The fourth-order valence-electron chi connectivity index (χ4n) is 3.53. The van der Waals surface area contributed by atoms with Crippen molar-refractivity contribution in [3.8, 4) is 27.8 Å². The van der Waals surface area contributed by atoms with E-state index in [2.05, 4.69) is 4.98 Å². The quantitative estimate of drug-likeness (QED) is 0.434. The van der Waals surface area contributed by atoms with Gasteiger partial charge in [-0.3, -0.25) is 0 Å². The van der Waals surface area contributed by atoms with Crippen LogP contribution in [0.3, 0.4) is 0 Å². The molecule has 1 aliphatic heterocycles. The summed E-state index contributed by atoms with van der Waals surface area (Å²) in [7, 11) is 0. The van der Waals surface area contributed by atoms with E-state index in [1.165, 1.54) is 0 Å². The van der Waals surface area contributed by atoms with Gasteiger partial charge in [-0.15, -0.1) is 11.3 Å². The number of hydrogen-bond acceptors (Lipinski definition) is 6. The van der Waals surface area contributed by atoms with E-state index in [1.807, 2.05) is 74.7 Å². The lowest BCUT2D eigenvalue weighted by Gasteiger charge is -2.28. The van der Waals surface area contributed by atoms with Crippen LogP contribution >= 0.6 is 11.3 Å². The van der Waals surface area contributed by atoms with Crippen LogP contribution < -0.4 is 9.47 Å². The van der Waals surface area contributed by atoms with E-state index in [1.54, 1.807) is 22.4 Å². The van der Waals surface area contributed by atoms with E-state index in [0.717, 1.165) is 40.7 Å². The Balaban J connectivity index is 1.30. The Morgan fingerprint density at radius 3 is 2.34 bits per heavy atom. The summed E-state index contributed by atoms with van der Waals surface area (Å²) in [6.45, 7) is 6.79. The number of hydrogen-bond donors (Lipinski definition) is 0. The third kappa shape index (κ3) is 5.79. The summed E-state index contributed by atoms with van der Waals surface area (Å²) in [5, 5.41) is 2.95. The van der Waals surface area contributed by atoms with Crippen LogP contribution in [0.5, 0.6) is 17.2 Å². The number of thiazole rings is 1. The first-order valence-electron chi connectivity index (χ1n) is 10.8. The van der Waals surface area contributed by atoms with Gasteiger partial charge in [-0.25, -0.2) is 9.78 Å². The SMILES string of the molecule is CC(C)(C)OC(=O)N1CCC[C@@H]1COc1ccc(Oc2ccc(-c3nccs3)cc2)cc1. The molecule has 1 amide bonds. The summed E-state index contributed by atoms with van der Waals surface area (Å²) in [5.41, 5.74) is 0.575. The lowest BCUT2D eigenvalue weighted by Crippen LogP contribution is -2.42. The molecular formula is C25H28N2O4S. The smallest absolute Gasteiger partial charge is 0.410 e. The summed E-state index contributed by atoms with van der Waals surface area (Å²) in [5.74, 6) is 2.24. The van der Waals surface area contributed by atoms with Gasteiger partial charge in [0.2, 0.25) is 0 Å². The lowest BCUT2D eigenvalue weighted by atomic mass is 10.2. The fourth-order valence-corrected chi connectivity index (χ4v) is 4.18. The first-order valence-corrected chi connectivity index (χ1v) is 11.7. The van der Waals surface area contributed by atoms with Gasteiger partial charge in [-0.05, 0) is 82.1 Å². The molecule has 2 heterocycles. The topological polar surface area (TPSA) is 60.9 Å². The molecule has 0 saturated carbocycles. The van der Waals surface area contributed by atoms with Crippen molar-refractivity contribution in [2.75, 3.05) is 13.2 Å². The second kappa shape index (κ2) is 9.61. The number of nitrogens with zero attached hydrogens (tertiary/aromatic N) is 2. The number of benzene rings is 2. The van der Waals surface area contributed by atoms with Crippen molar-refractivity contribution < 1.29 is 19.0 Å². The molecule has 3 aromatic rings. The first-order chi connectivity index (χ1) is 15.4. The van der Waals surface area contributed by atoms with Gasteiger partial charge < -0.3 is 19.1 Å². The van der Waals surface area contributed by atoms with Crippen molar-refractivity contribution in [2.45, 2.75) is 45.3 Å². The maximum Gasteiger partial charge on any atom is 0.410 e. The van der Waals surface area contributed by atoms with Gasteiger partial charge in [-0.2, -0.15) is 0 Å². The highest BCUT2D eigenvalue weighted by Gasteiger charge is 2.32. The molecule has 0 aliphatic carbocycles. The van der Waals surface area contributed by atoms with Crippen molar-refractivity contribution in [3.05, 3.63) is 60.1 Å². The molecule has 1 atom stereocenters. The molecule has 0 bridgehead atoms. The van der Waals surface area contributed by atoms with E-state index >= 15 is 0 Å². The highest BCUT2D eigenvalue weighted by atomic mass is 32.1. The Hall–Kier alpha value is -3.06. The average molecular weight is 453 g/mol. The number of carbonyl (C=O) groups is 1. The molecule has 168 valence electrons. The molecule has 4 rings (SSSR count). The number of aromatic nitrogens is 1. The zero-order valence-corrected chi connectivity index (χ0v) is 19.4. The maximum atomic E-state index is 12.4. The third-order valence-corrected chi connectivity index (χ3v) is 5.86. The van der Waals surface area contributed by atoms with Gasteiger partial charge in [0.1, 0.15) is 34.5 Å². The summed E-state index contributed by atoms with van der Waals surface area (Å²) in [4.78, 5) is 18.5. The molecule has 1 saturated heterocycles. The summed E-state index contributed by atoms with van der Waals surface area (Å²) in [6.07, 6.45) is 3.41. The van der Waals surface area contributed by atoms with Gasteiger partial charge in [-0.1, -0.05) is 0 Å². The number of amides is 1. The van der Waals surface area contributed by atoms with Crippen LogP contribution in [0.1, 0.15) is 33.6 Å². The molecule has 0 N–H and O–H groups in total. The summed E-state index contributed by atoms with van der Waals surface area (Å²) in [6, 6.07) is 15.4. The molecule has 32 heavy (non-hydrogen) atoms. The second-order valence-electron chi connectivity index (χ2n) is 8.72. The van der Waals surface area contributed by atoms with Crippen LogP contribution in [-0.2, 0) is 4.74 Å². The Morgan fingerprint density at radius 1 is 1.06 bits per heavy atom. The van der Waals surface area contributed by atoms with E-state index in [9.17, 15) is 4.79 Å². The Morgan fingerprint density at radius 2 is 1.72 bits per heavy atom. The summed E-state index contributed by atoms with van der Waals surface area (Å²) >= 11 is 1.61. The molecular weight excluding hydrogens is 424 g/mol. The van der Waals surface area contributed by atoms with Gasteiger partial charge in [0.15, 0.2) is 0 Å². The van der Waals surface area contributed by atoms with Crippen LogP contribution in [0.2, 0.25) is 0 Å². The Kier molecular flexibility index (Phi) is 6.65. The predicted octanol–water partition coefficient (Wildman–Crippen LogP) is 6.38. The van der Waals surface area contributed by atoms with Gasteiger partial charge in [0, 0.05) is 23.7 Å². The lowest BCUT2D eigenvalue weighted by molar-refractivity contribution is 0.0187. The molecule has 2 aromatic carbocycles. The molecule has 1 fully saturated rings. The molecule has 0 spiro atoms. The highest BCUT2D eigenvalue weighted by molar-refractivity contribution is 7.13. The Bertz CT molecular complexity index is 1010. The zero-order chi connectivity index (χ0) is 22.6. The van der Waals surface area contributed by atoms with Crippen molar-refractivity contribution in [1.82, 2.24) is 9.88 Å². The Labute approximate surface area is 192 Å². The van der Waals surface area contributed by atoms with Crippen LogP contribution in [0, 0.1) is 0 Å². The molecule has 7 heteroatoms. The molecule has 1 aliphatic rings. The maximum absolute atomic E-state index is 12.4. The number of carbonyl (C=O) groups excluding carboxylic acids is 1. The van der Waals surface area contributed by atoms with Crippen LogP contribution in [-0.4, -0.2) is 40.8 Å². The van der Waals surface area contributed by atoms with Crippen molar-refractivity contribution in [1.29, 1.82) is 0 Å². The van der Waals surface area contributed by atoms with Gasteiger partial charge in [0.05, 0.1) is 6.04 Å². The molecule has 1 aromatic heterocycles. The number of ether oxygens (including phenoxy) is 3. The third-order valence-electron chi connectivity index (χ3n) is 5.04. The first kappa shape index (κ1) is 22.1. The normalized spacial score (nSPS) is 16.1. The van der Waals surface area contributed by atoms with Crippen molar-refractivity contribution in [3.63, 3.8) is 0 Å². The van der Waals surface area contributed by atoms with Crippen LogP contribution in [0.25, 0.3) is 10.6 Å². The predicted molar refractivity (Wildman–Crippen MR) is 126 cm³/mol. The summed E-state index contributed by atoms with van der Waals surface area (Å²) < 4.78 is 17.4. The van der Waals surface area contributed by atoms with Crippen molar-refractivity contribution in [2.24, 2.45) is 0 Å². The number of rotatable bonds is 6. The molecule has 0 unspecified atom stereocenters. The van der Waals surface area contributed by atoms with E-state index in [0.29, 0.717) is 13.2 Å². The zero-order valence-electron chi connectivity index (χ0n) is 18.6. The van der Waals surface area contributed by atoms with E-state index in [4.69, 9.17) is 14.2 Å². The van der Waals surface area contributed by atoms with Crippen LogP contribution in [0.15, 0.2) is 60.1 Å². The second-order valence-corrected chi connectivity index (χ2v) is 9.61. The van der Waals surface area contributed by atoms with Gasteiger partial charge >= 0.3 is 6.09 Å². The highest BCUT2D eigenvalue weighted by Crippen LogP contribution is 2.28. The molecule has 6 nitrogen and oxygen atoms in total. The minimum Gasteiger partial charge on any atom is -0.491 e. The van der Waals surface area contributed by atoms with E-state index in [-0.39, 0.29) is 12.1 Å². The average Bonchev–Trinajstić information content (AvgIpc) is 3.45. The molecule has 0 radical (unpaired) electrons. The van der Waals surface area contributed by atoms with Crippen molar-refractivity contribution >= 4 is 17.4 Å². The number of likely N-dealkylation sites (tertiary alicyclic amines) is 1. The fraction of sp³-hybridized carbons (Fsp3) is 0.360. The minimum absolute atomic E-state index is 0.0251. The van der Waals surface area contributed by atoms with Crippen LogP contribution in [0.4, 0.5) is 4.79 Å². The minimum atomic E-state index is -0.498.